The Kier molecular flexibility index (Phi) is 4.70. The van der Waals surface area contributed by atoms with Gasteiger partial charge in [-0.15, -0.1) is 0 Å². The average Bonchev–Trinajstić information content (AvgIpc) is 3.09. The number of nitrogens with one attached hydrogen (secondary N) is 2. The molecule has 8 heteroatoms. The van der Waals surface area contributed by atoms with Gasteiger partial charge in [0.25, 0.3) is 5.91 Å². The Morgan fingerprint density at radius 2 is 2.19 bits per heavy atom. The van der Waals surface area contributed by atoms with Crippen LogP contribution < -0.4 is 5.32 Å². The van der Waals surface area contributed by atoms with E-state index in [2.05, 4.69) is 39.3 Å². The Bertz CT molecular complexity index is 938. The van der Waals surface area contributed by atoms with Crippen molar-refractivity contribution in [2.24, 2.45) is 0 Å². The highest BCUT2D eigenvalue weighted by Crippen LogP contribution is 2.32. The van der Waals surface area contributed by atoms with E-state index in [1.54, 1.807) is 12.3 Å². The van der Waals surface area contributed by atoms with Gasteiger partial charge < -0.3 is 10.2 Å². The molecule has 3 aromatic rings. The van der Waals surface area contributed by atoms with Crippen LogP contribution in [0.15, 0.2) is 30.7 Å². The van der Waals surface area contributed by atoms with Crippen LogP contribution in [-0.2, 0) is 0 Å². The summed E-state index contributed by atoms with van der Waals surface area (Å²) in [5.41, 5.74) is 2.03. The Morgan fingerprint density at radius 1 is 1.30 bits per heavy atom. The fourth-order valence-electron chi connectivity index (χ4n) is 3.54. The maximum atomic E-state index is 13.0. The number of amides is 1. The molecule has 2 N–H and O–H groups in total. The predicted octanol–water partition coefficient (Wildman–Crippen LogP) is 2.94. The summed E-state index contributed by atoms with van der Waals surface area (Å²) in [5, 5.41) is 11.6. The topological polar surface area (TPSA) is 99.7 Å². The number of likely N-dealkylation sites (tertiary alicyclic amines) is 1. The summed E-state index contributed by atoms with van der Waals surface area (Å²) in [4.78, 5) is 27.6. The lowest BCUT2D eigenvalue weighted by Crippen LogP contribution is -2.39. The number of aromatic nitrogens is 5. The van der Waals surface area contributed by atoms with Crippen molar-refractivity contribution >= 4 is 22.8 Å². The number of carbonyl (C=O) groups excluding carboxylic acids is 1. The minimum absolute atomic E-state index is 0.0598. The van der Waals surface area contributed by atoms with Gasteiger partial charge in [0.1, 0.15) is 12.0 Å². The third-order valence-electron chi connectivity index (χ3n) is 4.78. The lowest BCUT2D eigenvalue weighted by Gasteiger charge is -2.35. The fourth-order valence-corrected chi connectivity index (χ4v) is 3.54. The Morgan fingerprint density at radius 3 is 2.96 bits per heavy atom. The molecule has 1 unspecified atom stereocenters. The first-order chi connectivity index (χ1) is 13.1. The van der Waals surface area contributed by atoms with Crippen LogP contribution in [0.25, 0.3) is 11.0 Å². The third kappa shape index (κ3) is 3.47. The third-order valence-corrected chi connectivity index (χ3v) is 4.78. The minimum Gasteiger partial charge on any atom is -0.366 e. The van der Waals surface area contributed by atoms with Gasteiger partial charge in [-0.25, -0.2) is 15.0 Å². The number of hydrogen-bond donors (Lipinski definition) is 2. The maximum absolute atomic E-state index is 13.0. The minimum atomic E-state index is -0.0734. The summed E-state index contributed by atoms with van der Waals surface area (Å²) < 4.78 is 0. The van der Waals surface area contributed by atoms with E-state index in [0.29, 0.717) is 12.2 Å². The van der Waals surface area contributed by atoms with E-state index in [1.165, 1.54) is 6.33 Å². The number of H-pyrrole nitrogens is 1. The number of rotatable bonds is 4. The van der Waals surface area contributed by atoms with E-state index in [1.807, 2.05) is 17.0 Å². The summed E-state index contributed by atoms with van der Waals surface area (Å²) in [5.74, 6) is 0.729. The zero-order chi connectivity index (χ0) is 18.8. The van der Waals surface area contributed by atoms with Gasteiger partial charge in [-0.2, -0.15) is 5.10 Å². The summed E-state index contributed by atoms with van der Waals surface area (Å²) in [6.07, 6.45) is 5.95. The zero-order valence-corrected chi connectivity index (χ0v) is 15.5. The van der Waals surface area contributed by atoms with Crippen LogP contribution in [0.2, 0.25) is 0 Å². The molecular formula is C19H23N7O. The van der Waals surface area contributed by atoms with Crippen molar-refractivity contribution in [3.05, 3.63) is 42.1 Å². The molecule has 0 radical (unpaired) electrons. The Hall–Kier alpha value is -3.03. The van der Waals surface area contributed by atoms with Crippen molar-refractivity contribution in [1.29, 1.82) is 0 Å². The van der Waals surface area contributed by atoms with Crippen molar-refractivity contribution in [2.45, 2.75) is 45.2 Å². The summed E-state index contributed by atoms with van der Waals surface area (Å²) in [6.45, 7) is 4.85. The molecule has 0 saturated carbocycles. The van der Waals surface area contributed by atoms with Crippen LogP contribution >= 0.6 is 0 Å². The van der Waals surface area contributed by atoms with Crippen molar-refractivity contribution in [3.63, 3.8) is 0 Å². The molecule has 140 valence electrons. The second-order valence-corrected chi connectivity index (χ2v) is 7.11. The van der Waals surface area contributed by atoms with E-state index < -0.39 is 0 Å². The lowest BCUT2D eigenvalue weighted by molar-refractivity contribution is 0.0600. The van der Waals surface area contributed by atoms with Gasteiger partial charge in [0.15, 0.2) is 11.5 Å². The monoisotopic (exact) mass is 365 g/mol. The molecular weight excluding hydrogens is 342 g/mol. The number of fused-ring (bicyclic) bond motifs is 1. The molecule has 0 aliphatic carbocycles. The molecule has 1 amide bonds. The second-order valence-electron chi connectivity index (χ2n) is 7.11. The highest BCUT2D eigenvalue weighted by atomic mass is 16.2. The number of piperidine rings is 1. The summed E-state index contributed by atoms with van der Waals surface area (Å²) >= 11 is 0. The van der Waals surface area contributed by atoms with Crippen molar-refractivity contribution in [3.8, 4) is 0 Å². The molecule has 1 aliphatic heterocycles. The van der Waals surface area contributed by atoms with Gasteiger partial charge in [0.05, 0.1) is 17.1 Å². The molecule has 1 atom stereocenters. The number of hydrogen-bond acceptors (Lipinski definition) is 6. The molecule has 0 bridgehead atoms. The Labute approximate surface area is 157 Å². The molecule has 4 rings (SSSR count). The quantitative estimate of drug-likeness (QED) is 0.737. The average molecular weight is 365 g/mol. The standard InChI is InChI=1S/C19H23N7O/c1-12(2)22-17-13-6-7-14(23-18(13)25-24-17)16-5-3-4-10-26(16)19(27)15-8-9-20-11-21-15/h6-9,11-12,16H,3-5,10H2,1-2H3,(H2,22,23,24,25). The van der Waals surface area contributed by atoms with Crippen LogP contribution in [0.5, 0.6) is 0 Å². The predicted molar refractivity (Wildman–Crippen MR) is 102 cm³/mol. The van der Waals surface area contributed by atoms with Gasteiger partial charge in [-0.3, -0.25) is 9.89 Å². The number of pyridine rings is 1. The van der Waals surface area contributed by atoms with Crippen molar-refractivity contribution in [1.82, 2.24) is 30.0 Å². The molecule has 27 heavy (non-hydrogen) atoms. The SMILES string of the molecule is CC(C)Nc1n[nH]c2nc(C3CCCCN3C(=O)c3ccncn3)ccc12. The molecule has 0 spiro atoms. The second kappa shape index (κ2) is 7.30. The molecule has 1 aliphatic rings. The first kappa shape index (κ1) is 17.4. The van der Waals surface area contributed by atoms with Gasteiger partial charge in [-0.05, 0) is 51.3 Å². The highest BCUT2D eigenvalue weighted by molar-refractivity contribution is 5.92. The lowest BCUT2D eigenvalue weighted by atomic mass is 9.98. The van der Waals surface area contributed by atoms with Crippen LogP contribution in [0.3, 0.4) is 0 Å². The molecule has 1 saturated heterocycles. The normalized spacial score (nSPS) is 17.4. The highest BCUT2D eigenvalue weighted by Gasteiger charge is 2.30. The molecule has 8 nitrogen and oxygen atoms in total. The number of aromatic amines is 1. The zero-order valence-electron chi connectivity index (χ0n) is 15.5. The first-order valence-electron chi connectivity index (χ1n) is 9.32. The summed E-state index contributed by atoms with van der Waals surface area (Å²) in [6, 6.07) is 5.91. The van der Waals surface area contributed by atoms with Crippen LogP contribution in [-0.4, -0.2) is 48.5 Å². The number of carbonyl (C=O) groups is 1. The van der Waals surface area contributed by atoms with Crippen molar-refractivity contribution in [2.75, 3.05) is 11.9 Å². The van der Waals surface area contributed by atoms with E-state index >= 15 is 0 Å². The van der Waals surface area contributed by atoms with Crippen LogP contribution in [0.1, 0.15) is 55.3 Å². The largest absolute Gasteiger partial charge is 0.366 e. The number of nitrogens with zero attached hydrogens (tertiary/aromatic N) is 5. The fraction of sp³-hybridized carbons (Fsp3) is 0.421. The summed E-state index contributed by atoms with van der Waals surface area (Å²) in [7, 11) is 0. The maximum Gasteiger partial charge on any atom is 0.273 e. The molecule has 1 fully saturated rings. The number of anilines is 1. The Balaban J connectivity index is 1.64. The molecule has 0 aromatic carbocycles. The molecule has 4 heterocycles. The first-order valence-corrected chi connectivity index (χ1v) is 9.32. The van der Waals surface area contributed by atoms with Gasteiger partial charge in [0.2, 0.25) is 0 Å². The van der Waals surface area contributed by atoms with E-state index in [9.17, 15) is 4.79 Å². The van der Waals surface area contributed by atoms with Gasteiger partial charge >= 0.3 is 0 Å². The smallest absolute Gasteiger partial charge is 0.273 e. The van der Waals surface area contributed by atoms with E-state index in [4.69, 9.17) is 4.98 Å². The van der Waals surface area contributed by atoms with Gasteiger partial charge in [0, 0.05) is 18.8 Å². The van der Waals surface area contributed by atoms with Crippen molar-refractivity contribution < 1.29 is 4.79 Å². The van der Waals surface area contributed by atoms with E-state index in [0.717, 1.165) is 41.8 Å². The van der Waals surface area contributed by atoms with Crippen LogP contribution in [0, 0.1) is 0 Å². The van der Waals surface area contributed by atoms with Gasteiger partial charge in [-0.1, -0.05) is 0 Å². The molecule has 3 aromatic heterocycles. The van der Waals surface area contributed by atoms with Crippen LogP contribution in [0.4, 0.5) is 5.82 Å². The van der Waals surface area contributed by atoms with E-state index in [-0.39, 0.29) is 18.0 Å².